The summed E-state index contributed by atoms with van der Waals surface area (Å²) in [4.78, 5) is 13.6. The standard InChI is InChI=1S/C21H24O2Si/c1-24(2,3)23-20-17-12-6-5-11-16(17)19(22)21(20)14-8-10-15-9-4-7-13-18(15)21/h4-7,9,11-13,20H,8,10,14H2,1-3H3/t20-,21-/m0/s1. The number of rotatable bonds is 2. The van der Waals surface area contributed by atoms with Crippen molar-refractivity contribution in [1.29, 1.82) is 0 Å². The lowest BCUT2D eigenvalue weighted by atomic mass is 9.66. The predicted octanol–water partition coefficient (Wildman–Crippen LogP) is 5.05. The number of fused-ring (bicyclic) bond motifs is 3. The molecule has 0 aliphatic heterocycles. The van der Waals surface area contributed by atoms with Crippen molar-refractivity contribution in [2.24, 2.45) is 0 Å². The van der Waals surface area contributed by atoms with Gasteiger partial charge in [0.25, 0.3) is 0 Å². The van der Waals surface area contributed by atoms with Crippen LogP contribution in [0.1, 0.15) is 46.0 Å². The topological polar surface area (TPSA) is 26.3 Å². The molecule has 0 unspecified atom stereocenters. The summed E-state index contributed by atoms with van der Waals surface area (Å²) in [5, 5.41) is 0. The summed E-state index contributed by atoms with van der Waals surface area (Å²) in [6.07, 6.45) is 2.84. The Kier molecular flexibility index (Phi) is 3.55. The minimum absolute atomic E-state index is 0.144. The number of aryl methyl sites for hydroxylation is 1. The lowest BCUT2D eigenvalue weighted by Gasteiger charge is -2.41. The zero-order chi connectivity index (χ0) is 16.9. The Hall–Kier alpha value is -1.71. The number of Topliss-reactive ketones (excluding diaryl/α,β-unsaturated/α-hetero) is 1. The Morgan fingerprint density at radius 3 is 2.54 bits per heavy atom. The van der Waals surface area contributed by atoms with E-state index in [1.54, 1.807) is 0 Å². The van der Waals surface area contributed by atoms with Gasteiger partial charge in [-0.1, -0.05) is 48.5 Å². The second-order valence-electron chi connectivity index (χ2n) is 8.01. The molecule has 0 heterocycles. The van der Waals surface area contributed by atoms with Gasteiger partial charge in [0.1, 0.15) is 0 Å². The van der Waals surface area contributed by atoms with Crippen LogP contribution in [0.15, 0.2) is 48.5 Å². The normalized spacial score (nSPS) is 25.6. The molecule has 24 heavy (non-hydrogen) atoms. The number of hydrogen-bond donors (Lipinski definition) is 0. The van der Waals surface area contributed by atoms with Crippen molar-refractivity contribution in [2.45, 2.75) is 50.4 Å². The van der Waals surface area contributed by atoms with Crippen molar-refractivity contribution in [3.8, 4) is 0 Å². The molecule has 3 heteroatoms. The monoisotopic (exact) mass is 336 g/mol. The number of carbonyl (C=O) groups excluding carboxylic acids is 1. The maximum Gasteiger partial charge on any atom is 0.184 e. The molecule has 0 fully saturated rings. The van der Waals surface area contributed by atoms with Gasteiger partial charge >= 0.3 is 0 Å². The molecule has 2 atom stereocenters. The van der Waals surface area contributed by atoms with E-state index in [1.807, 2.05) is 18.2 Å². The largest absolute Gasteiger partial charge is 0.409 e. The van der Waals surface area contributed by atoms with Crippen molar-refractivity contribution in [3.63, 3.8) is 0 Å². The molecule has 0 saturated heterocycles. The summed E-state index contributed by atoms with van der Waals surface area (Å²) in [6, 6.07) is 16.5. The molecule has 124 valence electrons. The first-order chi connectivity index (χ1) is 11.4. The van der Waals surface area contributed by atoms with Crippen LogP contribution < -0.4 is 0 Å². The summed E-state index contributed by atoms with van der Waals surface area (Å²) < 4.78 is 6.66. The molecule has 0 amide bonds. The van der Waals surface area contributed by atoms with Gasteiger partial charge in [-0.3, -0.25) is 4.79 Å². The Morgan fingerprint density at radius 2 is 1.75 bits per heavy atom. The quantitative estimate of drug-likeness (QED) is 0.717. The Balaban J connectivity index is 1.96. The van der Waals surface area contributed by atoms with E-state index in [-0.39, 0.29) is 11.9 Å². The predicted molar refractivity (Wildman–Crippen MR) is 99.0 cm³/mol. The van der Waals surface area contributed by atoms with Crippen molar-refractivity contribution in [2.75, 3.05) is 0 Å². The van der Waals surface area contributed by atoms with Crippen LogP contribution in [-0.2, 0) is 16.3 Å². The highest BCUT2D eigenvalue weighted by molar-refractivity contribution is 6.69. The van der Waals surface area contributed by atoms with E-state index in [9.17, 15) is 4.79 Å². The molecule has 2 aromatic carbocycles. The molecule has 0 saturated carbocycles. The van der Waals surface area contributed by atoms with Crippen molar-refractivity contribution >= 4 is 14.1 Å². The molecule has 2 aliphatic carbocycles. The van der Waals surface area contributed by atoms with Gasteiger partial charge < -0.3 is 4.43 Å². The zero-order valence-corrected chi connectivity index (χ0v) is 15.6. The van der Waals surface area contributed by atoms with Gasteiger partial charge in [-0.2, -0.15) is 0 Å². The van der Waals surface area contributed by atoms with E-state index in [0.717, 1.165) is 30.4 Å². The first-order valence-corrected chi connectivity index (χ1v) is 12.2. The lowest BCUT2D eigenvalue weighted by molar-refractivity contribution is 0.0642. The Morgan fingerprint density at radius 1 is 1.04 bits per heavy atom. The Bertz CT molecular complexity index is 805. The van der Waals surface area contributed by atoms with Crippen molar-refractivity contribution in [1.82, 2.24) is 0 Å². The fraction of sp³-hybridized carbons (Fsp3) is 0.381. The number of benzene rings is 2. The molecule has 0 bridgehead atoms. The van der Waals surface area contributed by atoms with Crippen LogP contribution in [0.5, 0.6) is 0 Å². The number of ketones is 1. The van der Waals surface area contributed by atoms with Gasteiger partial charge in [0.2, 0.25) is 0 Å². The van der Waals surface area contributed by atoms with Crippen LogP contribution in [0.25, 0.3) is 0 Å². The summed E-state index contributed by atoms with van der Waals surface area (Å²) in [6.45, 7) is 6.63. The molecule has 2 aliphatic rings. The third-order valence-corrected chi connectivity index (χ3v) is 6.27. The Labute approximate surface area is 145 Å². The van der Waals surface area contributed by atoms with E-state index in [0.29, 0.717) is 0 Å². The first kappa shape index (κ1) is 15.8. The second kappa shape index (κ2) is 5.40. The summed E-state index contributed by atoms with van der Waals surface area (Å²) in [5.74, 6) is 0.258. The van der Waals surface area contributed by atoms with Gasteiger partial charge in [-0.25, -0.2) is 0 Å². The molecule has 2 aromatic rings. The molecular formula is C21H24O2Si. The van der Waals surface area contributed by atoms with E-state index in [2.05, 4.69) is 50.0 Å². The number of carbonyl (C=O) groups is 1. The van der Waals surface area contributed by atoms with Crippen molar-refractivity contribution < 1.29 is 9.22 Å². The summed E-state index contributed by atoms with van der Waals surface area (Å²) in [5.41, 5.74) is 3.92. The van der Waals surface area contributed by atoms with Crippen LogP contribution in [0.3, 0.4) is 0 Å². The molecular weight excluding hydrogens is 312 g/mol. The van der Waals surface area contributed by atoms with E-state index in [1.165, 1.54) is 11.1 Å². The van der Waals surface area contributed by atoms with Crippen LogP contribution >= 0.6 is 0 Å². The third-order valence-electron chi connectivity index (χ3n) is 5.33. The van der Waals surface area contributed by atoms with Crippen LogP contribution in [0.4, 0.5) is 0 Å². The van der Waals surface area contributed by atoms with E-state index in [4.69, 9.17) is 4.43 Å². The van der Waals surface area contributed by atoms with Gasteiger partial charge in [0.05, 0.1) is 11.5 Å². The summed E-state index contributed by atoms with van der Waals surface area (Å²) >= 11 is 0. The average Bonchev–Trinajstić information content (AvgIpc) is 2.78. The van der Waals surface area contributed by atoms with E-state index >= 15 is 0 Å². The smallest absolute Gasteiger partial charge is 0.184 e. The summed E-state index contributed by atoms with van der Waals surface area (Å²) in [7, 11) is -1.80. The van der Waals surface area contributed by atoms with Crippen LogP contribution in [0.2, 0.25) is 19.6 Å². The highest BCUT2D eigenvalue weighted by Gasteiger charge is 2.56. The van der Waals surface area contributed by atoms with Crippen LogP contribution in [0, 0.1) is 0 Å². The van der Waals surface area contributed by atoms with E-state index < -0.39 is 13.7 Å². The highest BCUT2D eigenvalue weighted by atomic mass is 28.4. The van der Waals surface area contributed by atoms with Crippen molar-refractivity contribution in [3.05, 3.63) is 70.8 Å². The maximum absolute atomic E-state index is 13.6. The first-order valence-electron chi connectivity index (χ1n) is 8.83. The zero-order valence-electron chi connectivity index (χ0n) is 14.6. The minimum atomic E-state index is -1.80. The average molecular weight is 337 g/mol. The maximum atomic E-state index is 13.6. The van der Waals surface area contributed by atoms with Gasteiger partial charge in [0, 0.05) is 5.56 Å². The molecule has 0 aromatic heterocycles. The molecule has 1 spiro atoms. The molecule has 2 nitrogen and oxygen atoms in total. The lowest BCUT2D eigenvalue weighted by Crippen LogP contribution is -2.44. The minimum Gasteiger partial charge on any atom is -0.409 e. The SMILES string of the molecule is C[Si](C)(C)O[C@H]1c2ccccc2C(=O)[C@@]12CCCc1ccccc12. The number of hydrogen-bond acceptors (Lipinski definition) is 2. The van der Waals surface area contributed by atoms with Gasteiger partial charge in [0.15, 0.2) is 14.1 Å². The highest BCUT2D eigenvalue weighted by Crippen LogP contribution is 2.55. The van der Waals surface area contributed by atoms with Gasteiger partial charge in [-0.05, 0) is 55.6 Å². The molecule has 0 radical (unpaired) electrons. The molecule has 4 rings (SSSR count). The van der Waals surface area contributed by atoms with Crippen LogP contribution in [-0.4, -0.2) is 14.1 Å². The third kappa shape index (κ3) is 2.22. The second-order valence-corrected chi connectivity index (χ2v) is 12.5. The fourth-order valence-corrected chi connectivity index (χ4v) is 5.48. The molecule has 0 N–H and O–H groups in total. The van der Waals surface area contributed by atoms with Gasteiger partial charge in [-0.15, -0.1) is 0 Å². The fourth-order valence-electron chi connectivity index (χ4n) is 4.45.